The molecular weight excluding hydrogens is 276 g/mol. The number of aliphatic hydroxyl groups excluding tert-OH is 1. The molecule has 0 aromatic heterocycles. The summed E-state index contributed by atoms with van der Waals surface area (Å²) in [6.45, 7) is 7.68. The summed E-state index contributed by atoms with van der Waals surface area (Å²) >= 11 is 0. The summed E-state index contributed by atoms with van der Waals surface area (Å²) in [5.74, 6) is 0. The Hall–Kier alpha value is -0.940. The molecule has 2 atom stereocenters. The number of piperidine rings is 1. The first kappa shape index (κ1) is 15.9. The summed E-state index contributed by atoms with van der Waals surface area (Å²) < 4.78 is 5.63. The molecule has 0 spiro atoms. The lowest BCUT2D eigenvalue weighted by molar-refractivity contribution is -0.00282. The highest BCUT2D eigenvalue weighted by atomic mass is 16.5. The van der Waals surface area contributed by atoms with Crippen LogP contribution < -0.4 is 0 Å². The maximum Gasteiger partial charge on any atom is 0.0972 e. The van der Waals surface area contributed by atoms with E-state index in [1.165, 1.54) is 18.4 Å². The Bertz CT molecular complexity index is 446. The van der Waals surface area contributed by atoms with Gasteiger partial charge in [0.05, 0.1) is 12.2 Å². The van der Waals surface area contributed by atoms with E-state index in [0.29, 0.717) is 12.6 Å². The molecular formula is C18H28N2O2. The van der Waals surface area contributed by atoms with Crippen LogP contribution in [0.4, 0.5) is 0 Å². The maximum absolute atomic E-state index is 10.1. The zero-order valence-electron chi connectivity index (χ0n) is 13.5. The van der Waals surface area contributed by atoms with Gasteiger partial charge in [-0.05, 0) is 38.4 Å². The minimum atomic E-state index is -0.317. The molecule has 4 heteroatoms. The molecule has 22 heavy (non-hydrogen) atoms. The van der Waals surface area contributed by atoms with E-state index in [4.69, 9.17) is 4.74 Å². The van der Waals surface area contributed by atoms with Crippen molar-refractivity contribution in [3.05, 3.63) is 35.9 Å². The van der Waals surface area contributed by atoms with Crippen LogP contribution in [0.15, 0.2) is 30.3 Å². The Kier molecular flexibility index (Phi) is 5.47. The van der Waals surface area contributed by atoms with Crippen LogP contribution in [0.5, 0.6) is 0 Å². The lowest BCUT2D eigenvalue weighted by Gasteiger charge is -2.36. The van der Waals surface area contributed by atoms with Crippen LogP contribution in [0.2, 0.25) is 0 Å². The van der Waals surface area contributed by atoms with Gasteiger partial charge in [-0.25, -0.2) is 0 Å². The molecule has 0 radical (unpaired) electrons. The number of benzene rings is 1. The number of rotatable bonds is 5. The number of aliphatic hydroxyl groups is 1. The van der Waals surface area contributed by atoms with Gasteiger partial charge in [-0.15, -0.1) is 0 Å². The maximum atomic E-state index is 10.1. The zero-order chi connectivity index (χ0) is 15.4. The van der Waals surface area contributed by atoms with Crippen molar-refractivity contribution >= 4 is 0 Å². The van der Waals surface area contributed by atoms with Crippen LogP contribution in [0.1, 0.15) is 25.3 Å². The molecule has 1 N–H and O–H groups in total. The summed E-state index contributed by atoms with van der Waals surface area (Å²) in [7, 11) is 0. The Morgan fingerprint density at radius 3 is 2.55 bits per heavy atom. The fourth-order valence-corrected chi connectivity index (χ4v) is 3.75. The van der Waals surface area contributed by atoms with E-state index >= 15 is 0 Å². The summed E-state index contributed by atoms with van der Waals surface area (Å²) in [4.78, 5) is 4.98. The molecule has 2 heterocycles. The molecule has 0 aliphatic carbocycles. The van der Waals surface area contributed by atoms with Gasteiger partial charge in [-0.2, -0.15) is 0 Å². The van der Waals surface area contributed by atoms with Gasteiger partial charge in [0.1, 0.15) is 0 Å². The molecule has 0 amide bonds. The summed E-state index contributed by atoms with van der Waals surface area (Å²) in [6.07, 6.45) is 2.08. The predicted molar refractivity (Wildman–Crippen MR) is 87.7 cm³/mol. The number of β-amino-alcohol motifs (C(OH)–C–C–N with tert-alkyl or cyclic N) is 1. The van der Waals surface area contributed by atoms with Crippen molar-refractivity contribution in [1.82, 2.24) is 9.80 Å². The van der Waals surface area contributed by atoms with Gasteiger partial charge in [0.15, 0.2) is 0 Å². The first-order valence-corrected chi connectivity index (χ1v) is 8.56. The average Bonchev–Trinajstić information content (AvgIpc) is 2.91. The first-order chi connectivity index (χ1) is 10.8. The molecule has 0 bridgehead atoms. The van der Waals surface area contributed by atoms with E-state index in [0.717, 1.165) is 32.7 Å². The molecule has 3 rings (SSSR count). The van der Waals surface area contributed by atoms with Crippen LogP contribution in [-0.2, 0) is 11.3 Å². The van der Waals surface area contributed by atoms with Crippen molar-refractivity contribution < 1.29 is 9.84 Å². The molecule has 1 aromatic carbocycles. The molecule has 4 nitrogen and oxygen atoms in total. The number of nitrogens with zero attached hydrogens (tertiary/aromatic N) is 2. The van der Waals surface area contributed by atoms with Gasteiger partial charge in [0, 0.05) is 32.3 Å². The van der Waals surface area contributed by atoms with Crippen LogP contribution >= 0.6 is 0 Å². The van der Waals surface area contributed by atoms with E-state index < -0.39 is 0 Å². The second kappa shape index (κ2) is 7.55. The molecule has 2 aliphatic heterocycles. The van der Waals surface area contributed by atoms with Crippen molar-refractivity contribution in [3.8, 4) is 0 Å². The van der Waals surface area contributed by atoms with Gasteiger partial charge in [-0.1, -0.05) is 30.3 Å². The number of hydrogen-bond acceptors (Lipinski definition) is 4. The molecule has 122 valence electrons. The van der Waals surface area contributed by atoms with Crippen LogP contribution in [0.25, 0.3) is 0 Å². The molecule has 2 aliphatic rings. The second-order valence-electron chi connectivity index (χ2n) is 6.51. The lowest BCUT2D eigenvalue weighted by Crippen LogP contribution is -2.44. The Morgan fingerprint density at radius 1 is 1.14 bits per heavy atom. The van der Waals surface area contributed by atoms with Crippen molar-refractivity contribution in [2.24, 2.45) is 0 Å². The Balaban J connectivity index is 1.46. The quantitative estimate of drug-likeness (QED) is 0.899. The zero-order valence-corrected chi connectivity index (χ0v) is 13.5. The normalized spacial score (nSPS) is 28.3. The van der Waals surface area contributed by atoms with Crippen molar-refractivity contribution in [1.29, 1.82) is 0 Å². The van der Waals surface area contributed by atoms with E-state index in [1.807, 2.05) is 6.92 Å². The number of hydrogen-bond donors (Lipinski definition) is 1. The van der Waals surface area contributed by atoms with Gasteiger partial charge in [-0.3, -0.25) is 9.80 Å². The average molecular weight is 304 g/mol. The highest BCUT2D eigenvalue weighted by Gasteiger charge is 2.36. The van der Waals surface area contributed by atoms with Crippen LogP contribution in [0.3, 0.4) is 0 Å². The van der Waals surface area contributed by atoms with Crippen molar-refractivity contribution in [3.63, 3.8) is 0 Å². The van der Waals surface area contributed by atoms with Crippen molar-refractivity contribution in [2.45, 2.75) is 44.6 Å². The van der Waals surface area contributed by atoms with Crippen LogP contribution in [-0.4, -0.2) is 65.9 Å². The molecule has 0 unspecified atom stereocenters. The third-order valence-electron chi connectivity index (χ3n) is 4.97. The lowest BCUT2D eigenvalue weighted by atomic mass is 10.0. The Labute approximate surface area is 133 Å². The standard InChI is InChI=1S/C18H28N2O2/c1-2-22-18-14-20(13-17(18)21)16-8-10-19(11-9-16)12-15-6-4-3-5-7-15/h3-7,16-18,21H,2,8-14H2,1H3/t17-,18-/m1/s1. The molecule has 2 saturated heterocycles. The summed E-state index contributed by atoms with van der Waals surface area (Å²) in [5.41, 5.74) is 1.40. The third-order valence-corrected chi connectivity index (χ3v) is 4.97. The largest absolute Gasteiger partial charge is 0.389 e. The van der Waals surface area contributed by atoms with E-state index in [2.05, 4.69) is 40.1 Å². The SMILES string of the molecule is CCO[C@@H]1CN(C2CCN(Cc3ccccc3)CC2)C[C@H]1O. The predicted octanol–water partition coefficient (Wildman–Crippen LogP) is 1.73. The molecule has 0 saturated carbocycles. The highest BCUT2D eigenvalue weighted by Crippen LogP contribution is 2.23. The van der Waals surface area contributed by atoms with Gasteiger partial charge in [0.25, 0.3) is 0 Å². The topological polar surface area (TPSA) is 35.9 Å². The molecule has 2 fully saturated rings. The minimum Gasteiger partial charge on any atom is -0.389 e. The first-order valence-electron chi connectivity index (χ1n) is 8.56. The smallest absolute Gasteiger partial charge is 0.0972 e. The highest BCUT2D eigenvalue weighted by molar-refractivity contribution is 5.14. The minimum absolute atomic E-state index is 0.00680. The van der Waals surface area contributed by atoms with Crippen LogP contribution in [0, 0.1) is 0 Å². The van der Waals surface area contributed by atoms with Gasteiger partial charge in [0.2, 0.25) is 0 Å². The second-order valence-corrected chi connectivity index (χ2v) is 6.51. The fourth-order valence-electron chi connectivity index (χ4n) is 3.75. The number of likely N-dealkylation sites (tertiary alicyclic amines) is 2. The van der Waals surface area contributed by atoms with E-state index in [-0.39, 0.29) is 12.2 Å². The summed E-state index contributed by atoms with van der Waals surface area (Å²) in [5, 5.41) is 10.1. The van der Waals surface area contributed by atoms with Gasteiger partial charge < -0.3 is 9.84 Å². The number of ether oxygens (including phenoxy) is 1. The Morgan fingerprint density at radius 2 is 1.86 bits per heavy atom. The third kappa shape index (κ3) is 3.87. The summed E-state index contributed by atoms with van der Waals surface area (Å²) in [6, 6.07) is 11.3. The fraction of sp³-hybridized carbons (Fsp3) is 0.667. The van der Waals surface area contributed by atoms with Gasteiger partial charge >= 0.3 is 0 Å². The van der Waals surface area contributed by atoms with Crippen molar-refractivity contribution in [2.75, 3.05) is 32.8 Å². The van der Waals surface area contributed by atoms with E-state index in [9.17, 15) is 5.11 Å². The van der Waals surface area contributed by atoms with E-state index in [1.54, 1.807) is 0 Å². The monoisotopic (exact) mass is 304 g/mol. The molecule has 1 aromatic rings.